The predicted molar refractivity (Wildman–Crippen MR) is 84.0 cm³/mol. The van der Waals surface area contributed by atoms with Gasteiger partial charge in [0.25, 0.3) is 5.91 Å². The normalized spacial score (nSPS) is 16.9. The van der Waals surface area contributed by atoms with Gasteiger partial charge in [-0.25, -0.2) is 0 Å². The van der Waals surface area contributed by atoms with E-state index in [-0.39, 0.29) is 17.7 Å². The van der Waals surface area contributed by atoms with Crippen LogP contribution in [0.5, 0.6) is 0 Å². The Morgan fingerprint density at radius 3 is 2.86 bits per heavy atom. The fourth-order valence-corrected chi connectivity index (χ4v) is 2.81. The number of carbonyl (C=O) groups is 2. The number of benzene rings is 1. The molecular formula is C16H18N4O2. The molecule has 0 fully saturated rings. The van der Waals surface area contributed by atoms with E-state index < -0.39 is 0 Å². The van der Waals surface area contributed by atoms with Crippen molar-refractivity contribution in [3.05, 3.63) is 41.0 Å². The minimum Gasteiger partial charge on any atom is -0.311 e. The van der Waals surface area contributed by atoms with Gasteiger partial charge in [0.05, 0.1) is 0 Å². The van der Waals surface area contributed by atoms with E-state index >= 15 is 0 Å². The molecule has 0 radical (unpaired) electrons. The fraction of sp³-hybridized carbons (Fsp3) is 0.312. The van der Waals surface area contributed by atoms with E-state index in [4.69, 9.17) is 0 Å². The van der Waals surface area contributed by atoms with Gasteiger partial charge in [-0.15, -0.1) is 0 Å². The number of aryl methyl sites for hydroxylation is 2. The molecule has 22 heavy (non-hydrogen) atoms. The Hall–Kier alpha value is -2.63. The Balaban J connectivity index is 1.94. The average Bonchev–Trinajstić information content (AvgIpc) is 2.75. The number of nitrogens with zero attached hydrogens (tertiary/aromatic N) is 2. The molecule has 0 unspecified atom stereocenters. The van der Waals surface area contributed by atoms with Crippen molar-refractivity contribution in [3.63, 3.8) is 0 Å². The van der Waals surface area contributed by atoms with Crippen molar-refractivity contribution < 1.29 is 9.59 Å². The highest BCUT2D eigenvalue weighted by molar-refractivity contribution is 6.06. The number of amides is 2. The summed E-state index contributed by atoms with van der Waals surface area (Å²) in [6.07, 6.45) is 0.395. The van der Waals surface area contributed by atoms with Gasteiger partial charge >= 0.3 is 0 Å². The number of hydrogen-bond donors (Lipinski definition) is 2. The average molecular weight is 298 g/mol. The number of aromatic nitrogens is 2. The SMILES string of the molecule is Cc1ccccc1C(=O)Nc1nn(C)c2c1[C@@H](C)CC(=O)N2. The number of anilines is 2. The zero-order valence-electron chi connectivity index (χ0n) is 12.8. The lowest BCUT2D eigenvalue weighted by atomic mass is 9.95. The molecule has 0 saturated carbocycles. The van der Waals surface area contributed by atoms with Crippen molar-refractivity contribution >= 4 is 23.5 Å². The Morgan fingerprint density at radius 2 is 2.14 bits per heavy atom. The molecule has 2 N–H and O–H groups in total. The lowest BCUT2D eigenvalue weighted by Gasteiger charge is -2.20. The molecule has 0 saturated heterocycles. The molecule has 3 rings (SSSR count). The van der Waals surface area contributed by atoms with Crippen LogP contribution in [0.2, 0.25) is 0 Å². The van der Waals surface area contributed by atoms with E-state index in [0.29, 0.717) is 23.6 Å². The van der Waals surface area contributed by atoms with Gasteiger partial charge < -0.3 is 10.6 Å². The molecular weight excluding hydrogens is 280 g/mol. The third kappa shape index (κ3) is 2.36. The third-order valence-electron chi connectivity index (χ3n) is 3.95. The minimum atomic E-state index is -0.192. The van der Waals surface area contributed by atoms with Crippen molar-refractivity contribution in [2.75, 3.05) is 10.6 Å². The van der Waals surface area contributed by atoms with Crippen molar-refractivity contribution in [2.45, 2.75) is 26.2 Å². The highest BCUT2D eigenvalue weighted by atomic mass is 16.2. The Labute approximate surface area is 128 Å². The predicted octanol–water partition coefficient (Wildman–Crippen LogP) is 2.43. The maximum atomic E-state index is 12.5. The maximum Gasteiger partial charge on any atom is 0.257 e. The zero-order valence-corrected chi connectivity index (χ0v) is 12.8. The van der Waals surface area contributed by atoms with Crippen LogP contribution in [-0.2, 0) is 11.8 Å². The fourth-order valence-electron chi connectivity index (χ4n) is 2.81. The summed E-state index contributed by atoms with van der Waals surface area (Å²) in [6, 6.07) is 7.40. The van der Waals surface area contributed by atoms with Crippen LogP contribution in [0.25, 0.3) is 0 Å². The van der Waals surface area contributed by atoms with E-state index in [9.17, 15) is 9.59 Å². The summed E-state index contributed by atoms with van der Waals surface area (Å²) in [6.45, 7) is 3.86. The molecule has 2 aromatic rings. The van der Waals surface area contributed by atoms with Crippen molar-refractivity contribution in [1.82, 2.24) is 9.78 Å². The van der Waals surface area contributed by atoms with Crippen LogP contribution in [0.15, 0.2) is 24.3 Å². The monoisotopic (exact) mass is 298 g/mol. The number of hydrogen-bond acceptors (Lipinski definition) is 3. The summed E-state index contributed by atoms with van der Waals surface area (Å²) in [7, 11) is 1.75. The standard InChI is InChI=1S/C16H18N4O2/c1-9-6-4-5-7-11(9)16(22)18-14-13-10(2)8-12(21)17-15(13)20(3)19-14/h4-7,10H,8H2,1-3H3,(H,17,21)(H,18,19,22)/t10-/m0/s1. The van der Waals surface area contributed by atoms with Gasteiger partial charge in [0.2, 0.25) is 5.91 Å². The van der Waals surface area contributed by atoms with Crippen LogP contribution in [0.4, 0.5) is 11.6 Å². The summed E-state index contributed by atoms with van der Waals surface area (Å²) >= 11 is 0. The molecule has 2 heterocycles. The lowest BCUT2D eigenvalue weighted by Crippen LogP contribution is -2.23. The number of nitrogens with one attached hydrogen (secondary N) is 2. The van der Waals surface area contributed by atoms with E-state index in [1.165, 1.54) is 0 Å². The van der Waals surface area contributed by atoms with Gasteiger partial charge in [0, 0.05) is 24.6 Å². The molecule has 1 aromatic heterocycles. The van der Waals surface area contributed by atoms with Crippen LogP contribution < -0.4 is 10.6 Å². The van der Waals surface area contributed by atoms with Crippen molar-refractivity contribution in [3.8, 4) is 0 Å². The van der Waals surface area contributed by atoms with Crippen molar-refractivity contribution in [1.29, 1.82) is 0 Å². The smallest absolute Gasteiger partial charge is 0.257 e. The van der Waals surface area contributed by atoms with Crippen LogP contribution in [0, 0.1) is 6.92 Å². The molecule has 0 spiro atoms. The minimum absolute atomic E-state index is 0.0182. The maximum absolute atomic E-state index is 12.5. The van der Waals surface area contributed by atoms with Gasteiger partial charge in [-0.2, -0.15) is 5.10 Å². The summed E-state index contributed by atoms with van der Waals surface area (Å²) in [4.78, 5) is 24.1. The second kappa shape index (κ2) is 5.29. The Morgan fingerprint density at radius 1 is 1.41 bits per heavy atom. The highest BCUT2D eigenvalue weighted by Gasteiger charge is 2.29. The van der Waals surface area contributed by atoms with Gasteiger partial charge in [0.1, 0.15) is 5.82 Å². The molecule has 6 heteroatoms. The molecule has 114 valence electrons. The topological polar surface area (TPSA) is 76.0 Å². The van der Waals surface area contributed by atoms with Gasteiger partial charge in [-0.05, 0) is 24.5 Å². The first-order valence-electron chi connectivity index (χ1n) is 7.21. The molecule has 6 nitrogen and oxygen atoms in total. The van der Waals surface area contributed by atoms with Crippen LogP contribution in [0.1, 0.15) is 40.7 Å². The van der Waals surface area contributed by atoms with Gasteiger partial charge in [-0.3, -0.25) is 14.3 Å². The van der Waals surface area contributed by atoms with E-state index in [1.54, 1.807) is 17.8 Å². The summed E-state index contributed by atoms with van der Waals surface area (Å²) in [5.41, 5.74) is 2.41. The molecule has 1 aliphatic rings. The van der Waals surface area contributed by atoms with Gasteiger partial charge in [0.15, 0.2) is 5.82 Å². The second-order valence-corrected chi connectivity index (χ2v) is 5.66. The quantitative estimate of drug-likeness (QED) is 0.894. The van der Waals surface area contributed by atoms with Gasteiger partial charge in [-0.1, -0.05) is 25.1 Å². The molecule has 1 atom stereocenters. The molecule has 1 aromatic carbocycles. The van der Waals surface area contributed by atoms with E-state index in [1.807, 2.05) is 32.0 Å². The first-order valence-corrected chi connectivity index (χ1v) is 7.21. The molecule has 0 bridgehead atoms. The lowest BCUT2D eigenvalue weighted by molar-refractivity contribution is -0.116. The third-order valence-corrected chi connectivity index (χ3v) is 3.95. The number of rotatable bonds is 2. The zero-order chi connectivity index (χ0) is 15.9. The molecule has 1 aliphatic heterocycles. The first kappa shape index (κ1) is 14.3. The first-order chi connectivity index (χ1) is 10.5. The van der Waals surface area contributed by atoms with E-state index in [2.05, 4.69) is 15.7 Å². The highest BCUT2D eigenvalue weighted by Crippen LogP contribution is 2.37. The second-order valence-electron chi connectivity index (χ2n) is 5.66. The largest absolute Gasteiger partial charge is 0.311 e. The Kier molecular flexibility index (Phi) is 3.44. The van der Waals surface area contributed by atoms with E-state index in [0.717, 1.165) is 11.1 Å². The molecule has 0 aliphatic carbocycles. The van der Waals surface area contributed by atoms with Crippen LogP contribution >= 0.6 is 0 Å². The molecule has 2 amide bonds. The summed E-state index contributed by atoms with van der Waals surface area (Å²) in [5, 5.41) is 10.0. The number of carbonyl (C=O) groups excluding carboxylic acids is 2. The number of fused-ring (bicyclic) bond motifs is 1. The van der Waals surface area contributed by atoms with Crippen LogP contribution in [0.3, 0.4) is 0 Å². The Bertz CT molecular complexity index is 764. The van der Waals surface area contributed by atoms with Crippen LogP contribution in [-0.4, -0.2) is 21.6 Å². The summed E-state index contributed by atoms with van der Waals surface area (Å²) in [5.74, 6) is 0.967. The van der Waals surface area contributed by atoms with Crippen molar-refractivity contribution in [2.24, 2.45) is 7.05 Å². The summed E-state index contributed by atoms with van der Waals surface area (Å²) < 4.78 is 1.59.